The molecule has 0 aliphatic carbocycles. The smallest absolute Gasteiger partial charge is 0.138 e. The quantitative estimate of drug-likeness (QED) is 0.808. The predicted molar refractivity (Wildman–Crippen MR) is 51.8 cm³/mol. The van der Waals surface area contributed by atoms with E-state index in [1.807, 2.05) is 0 Å². The molecule has 0 bridgehead atoms. The Bertz CT molecular complexity index is 520. The Morgan fingerprint density at radius 1 is 0.938 bits per heavy atom. The highest BCUT2D eigenvalue weighted by Gasteiger charge is 2.14. The number of nitrogens with two attached hydrogens (primary N) is 1. The monoisotopic (exact) mass is 225 g/mol. The Labute approximate surface area is 88.8 Å². The molecule has 0 unspecified atom stereocenters. The second-order valence-corrected chi connectivity index (χ2v) is 3.07. The number of aromatic nitrogens is 2. The largest absolute Gasteiger partial charge is 0.384 e. The summed E-state index contributed by atoms with van der Waals surface area (Å²) in [7, 11) is 0. The van der Waals surface area contributed by atoms with E-state index in [0.717, 1.165) is 6.33 Å². The van der Waals surface area contributed by atoms with Crippen molar-refractivity contribution in [1.82, 2.24) is 9.97 Å². The molecule has 1 aromatic carbocycles. The highest BCUT2D eigenvalue weighted by molar-refractivity contribution is 5.62. The lowest BCUT2D eigenvalue weighted by Crippen LogP contribution is -1.97. The van der Waals surface area contributed by atoms with Crippen molar-refractivity contribution in [3.05, 3.63) is 42.0 Å². The molecule has 0 aliphatic rings. The fourth-order valence-corrected chi connectivity index (χ4v) is 1.30. The molecular formula is C10H6F3N3. The Kier molecular flexibility index (Phi) is 2.47. The summed E-state index contributed by atoms with van der Waals surface area (Å²) in [4.78, 5) is 7.26. The zero-order chi connectivity index (χ0) is 11.7. The van der Waals surface area contributed by atoms with Gasteiger partial charge in [0.2, 0.25) is 0 Å². The van der Waals surface area contributed by atoms with E-state index in [1.54, 1.807) is 0 Å². The van der Waals surface area contributed by atoms with Crippen LogP contribution in [0.4, 0.5) is 19.0 Å². The molecule has 1 aromatic heterocycles. The van der Waals surface area contributed by atoms with Gasteiger partial charge in [-0.2, -0.15) is 0 Å². The van der Waals surface area contributed by atoms with Crippen LogP contribution in [0.1, 0.15) is 0 Å². The molecule has 0 fully saturated rings. The lowest BCUT2D eigenvalue weighted by Gasteiger charge is -2.04. The highest BCUT2D eigenvalue weighted by atomic mass is 19.1. The van der Waals surface area contributed by atoms with Crippen molar-refractivity contribution in [2.45, 2.75) is 0 Å². The van der Waals surface area contributed by atoms with Gasteiger partial charge in [0.1, 0.15) is 29.6 Å². The van der Waals surface area contributed by atoms with Crippen LogP contribution in [-0.2, 0) is 0 Å². The van der Waals surface area contributed by atoms with E-state index in [1.165, 1.54) is 6.07 Å². The molecule has 0 spiro atoms. The summed E-state index contributed by atoms with van der Waals surface area (Å²) in [6, 6.07) is 2.37. The Balaban J connectivity index is 2.64. The van der Waals surface area contributed by atoms with Gasteiger partial charge in [0.05, 0.1) is 11.3 Å². The summed E-state index contributed by atoms with van der Waals surface area (Å²) >= 11 is 0. The molecule has 0 aliphatic heterocycles. The van der Waals surface area contributed by atoms with E-state index >= 15 is 0 Å². The number of hydrogen-bond donors (Lipinski definition) is 1. The first-order valence-corrected chi connectivity index (χ1v) is 4.30. The van der Waals surface area contributed by atoms with Crippen molar-refractivity contribution in [2.24, 2.45) is 0 Å². The maximum Gasteiger partial charge on any atom is 0.138 e. The zero-order valence-corrected chi connectivity index (χ0v) is 7.92. The maximum absolute atomic E-state index is 13.3. The van der Waals surface area contributed by atoms with Crippen molar-refractivity contribution in [1.29, 1.82) is 0 Å². The topological polar surface area (TPSA) is 51.8 Å². The molecule has 82 valence electrons. The van der Waals surface area contributed by atoms with Gasteiger partial charge in [-0.1, -0.05) is 0 Å². The molecule has 2 N–H and O–H groups in total. The molecule has 0 saturated heterocycles. The summed E-state index contributed by atoms with van der Waals surface area (Å²) in [6.07, 6.45) is 1.08. The van der Waals surface area contributed by atoms with E-state index in [0.29, 0.717) is 12.1 Å². The van der Waals surface area contributed by atoms with Gasteiger partial charge in [-0.15, -0.1) is 0 Å². The van der Waals surface area contributed by atoms with Crippen LogP contribution in [0.3, 0.4) is 0 Å². The first-order valence-electron chi connectivity index (χ1n) is 4.30. The molecule has 16 heavy (non-hydrogen) atoms. The molecule has 0 saturated carbocycles. The van der Waals surface area contributed by atoms with Crippen LogP contribution in [0.25, 0.3) is 11.3 Å². The summed E-state index contributed by atoms with van der Waals surface area (Å²) < 4.78 is 39.4. The average Bonchev–Trinajstić information content (AvgIpc) is 2.15. The van der Waals surface area contributed by atoms with Crippen LogP contribution in [-0.4, -0.2) is 9.97 Å². The van der Waals surface area contributed by atoms with Crippen LogP contribution >= 0.6 is 0 Å². The summed E-state index contributed by atoms with van der Waals surface area (Å²) in [6.45, 7) is 0. The Morgan fingerprint density at radius 2 is 1.56 bits per heavy atom. The normalized spacial score (nSPS) is 10.4. The second kappa shape index (κ2) is 3.80. The van der Waals surface area contributed by atoms with Crippen molar-refractivity contribution < 1.29 is 13.2 Å². The summed E-state index contributed by atoms with van der Waals surface area (Å²) in [5.41, 5.74) is 4.91. The highest BCUT2D eigenvalue weighted by Crippen LogP contribution is 2.25. The summed E-state index contributed by atoms with van der Waals surface area (Å²) in [5, 5.41) is 0. The SMILES string of the molecule is Nc1cc(-c2c(F)cc(F)cc2F)ncn1. The number of nitrogens with zero attached hydrogens (tertiary/aromatic N) is 2. The van der Waals surface area contributed by atoms with E-state index in [9.17, 15) is 13.2 Å². The number of halogens is 3. The van der Waals surface area contributed by atoms with Crippen molar-refractivity contribution in [3.63, 3.8) is 0 Å². The third-order valence-electron chi connectivity index (χ3n) is 1.95. The number of hydrogen-bond acceptors (Lipinski definition) is 3. The molecule has 3 nitrogen and oxygen atoms in total. The van der Waals surface area contributed by atoms with Gasteiger partial charge in [-0.3, -0.25) is 0 Å². The average molecular weight is 225 g/mol. The van der Waals surface area contributed by atoms with Gasteiger partial charge in [0, 0.05) is 18.2 Å². The lowest BCUT2D eigenvalue weighted by atomic mass is 10.1. The van der Waals surface area contributed by atoms with Gasteiger partial charge in [-0.05, 0) is 0 Å². The van der Waals surface area contributed by atoms with Gasteiger partial charge in [-0.25, -0.2) is 23.1 Å². The third kappa shape index (κ3) is 1.81. The minimum absolute atomic E-state index is 0.0255. The number of anilines is 1. The van der Waals surface area contributed by atoms with Gasteiger partial charge in [0.15, 0.2) is 0 Å². The van der Waals surface area contributed by atoms with Crippen LogP contribution in [0, 0.1) is 17.5 Å². The van der Waals surface area contributed by atoms with Crippen molar-refractivity contribution >= 4 is 5.82 Å². The molecule has 0 amide bonds. The number of nitrogen functional groups attached to an aromatic ring is 1. The van der Waals surface area contributed by atoms with Gasteiger partial charge >= 0.3 is 0 Å². The molecule has 6 heteroatoms. The fourth-order valence-electron chi connectivity index (χ4n) is 1.30. The van der Waals surface area contributed by atoms with Crippen molar-refractivity contribution in [2.75, 3.05) is 5.73 Å². The molecule has 2 rings (SSSR count). The maximum atomic E-state index is 13.3. The third-order valence-corrected chi connectivity index (χ3v) is 1.95. The predicted octanol–water partition coefficient (Wildman–Crippen LogP) is 2.14. The molecular weight excluding hydrogens is 219 g/mol. The minimum Gasteiger partial charge on any atom is -0.384 e. The lowest BCUT2D eigenvalue weighted by molar-refractivity contribution is 0.547. The number of benzene rings is 1. The van der Waals surface area contributed by atoms with Crippen LogP contribution in [0.5, 0.6) is 0 Å². The molecule has 1 heterocycles. The van der Waals surface area contributed by atoms with E-state index in [2.05, 4.69) is 9.97 Å². The number of rotatable bonds is 1. The van der Waals surface area contributed by atoms with Crippen LogP contribution in [0.15, 0.2) is 24.5 Å². The first-order chi connectivity index (χ1) is 7.58. The van der Waals surface area contributed by atoms with E-state index in [-0.39, 0.29) is 11.5 Å². The summed E-state index contributed by atoms with van der Waals surface area (Å²) in [5.74, 6) is -2.97. The van der Waals surface area contributed by atoms with Crippen LogP contribution in [0.2, 0.25) is 0 Å². The van der Waals surface area contributed by atoms with Crippen molar-refractivity contribution in [3.8, 4) is 11.3 Å². The second-order valence-electron chi connectivity index (χ2n) is 3.07. The zero-order valence-electron chi connectivity index (χ0n) is 7.92. The molecule has 2 aromatic rings. The molecule has 0 atom stereocenters. The fraction of sp³-hybridized carbons (Fsp3) is 0. The van der Waals surface area contributed by atoms with Gasteiger partial charge in [0.25, 0.3) is 0 Å². The molecule has 0 radical (unpaired) electrons. The van der Waals surface area contributed by atoms with Crippen LogP contribution < -0.4 is 5.73 Å². The van der Waals surface area contributed by atoms with E-state index < -0.39 is 23.0 Å². The standard InChI is InChI=1S/C10H6F3N3/c11-5-1-6(12)10(7(13)2-5)8-3-9(14)16-4-15-8/h1-4H,(H2,14,15,16). The van der Waals surface area contributed by atoms with Gasteiger partial charge < -0.3 is 5.73 Å². The Morgan fingerprint density at radius 3 is 2.12 bits per heavy atom. The first kappa shape index (κ1) is 10.4. The minimum atomic E-state index is -1.03. The van der Waals surface area contributed by atoms with E-state index in [4.69, 9.17) is 5.73 Å². The Hall–Kier alpha value is -2.11.